The first-order valence-electron chi connectivity index (χ1n) is 9.50. The first-order chi connectivity index (χ1) is 12.1. The van der Waals surface area contributed by atoms with Crippen LogP contribution in [0.4, 0.5) is 0 Å². The number of β-amino-alcohol motifs (C(OH)–C–C–N with tert-alkyl or cyclic N) is 1. The Morgan fingerprint density at radius 2 is 2.12 bits per heavy atom. The fraction of sp³-hybridized carbons (Fsp3) is 0.650. The summed E-state index contributed by atoms with van der Waals surface area (Å²) in [5, 5.41) is 13.3. The highest BCUT2D eigenvalue weighted by Gasteiger charge is 2.36. The lowest BCUT2D eigenvalue weighted by Crippen LogP contribution is -2.43. The van der Waals surface area contributed by atoms with Gasteiger partial charge in [0.2, 0.25) is 0 Å². The molecule has 2 heterocycles. The molecule has 0 saturated carbocycles. The lowest BCUT2D eigenvalue weighted by molar-refractivity contribution is 0.0528. The number of nitrogens with one attached hydrogen (secondary N) is 1. The van der Waals surface area contributed by atoms with Crippen molar-refractivity contribution in [3.05, 3.63) is 35.4 Å². The van der Waals surface area contributed by atoms with Crippen molar-refractivity contribution < 1.29 is 9.84 Å². The number of hydrogen-bond acceptors (Lipinski definition) is 3. The van der Waals surface area contributed by atoms with Crippen molar-refractivity contribution in [3.8, 4) is 0 Å². The van der Waals surface area contributed by atoms with Crippen LogP contribution in [0.25, 0.3) is 0 Å². The summed E-state index contributed by atoms with van der Waals surface area (Å²) >= 11 is 0. The minimum absolute atomic E-state index is 0.0443. The lowest BCUT2D eigenvalue weighted by Gasteiger charge is -2.38. The van der Waals surface area contributed by atoms with Crippen molar-refractivity contribution in [1.82, 2.24) is 10.2 Å². The van der Waals surface area contributed by atoms with Crippen molar-refractivity contribution in [1.29, 1.82) is 0 Å². The van der Waals surface area contributed by atoms with Crippen molar-refractivity contribution in [2.75, 3.05) is 39.4 Å². The number of rotatable bonds is 4. The second-order valence-electron chi connectivity index (χ2n) is 7.27. The van der Waals surface area contributed by atoms with Crippen molar-refractivity contribution >= 4 is 5.96 Å². The number of nitrogens with zero attached hydrogens (tertiary/aromatic N) is 2. The van der Waals surface area contributed by atoms with Gasteiger partial charge in [0.1, 0.15) is 0 Å². The molecule has 2 aliphatic rings. The van der Waals surface area contributed by atoms with Gasteiger partial charge < -0.3 is 20.1 Å². The van der Waals surface area contributed by atoms with Gasteiger partial charge in [-0.2, -0.15) is 0 Å². The largest absolute Gasteiger partial charge is 0.391 e. The van der Waals surface area contributed by atoms with Gasteiger partial charge in [-0.1, -0.05) is 24.3 Å². The number of ether oxygens (including phenoxy) is 1. The standard InChI is InChI=1S/C20H31N3O2/c1-3-21-19(23-11-8-17(24)14-23)22-15-20(9-12-25-13-10-20)18-7-5-4-6-16(18)2/h4-7,17,24H,3,8-15H2,1-2H3,(H,21,22)/t17-/m1/s1. The minimum Gasteiger partial charge on any atom is -0.391 e. The summed E-state index contributed by atoms with van der Waals surface area (Å²) in [6, 6.07) is 8.68. The summed E-state index contributed by atoms with van der Waals surface area (Å²) in [5.41, 5.74) is 2.78. The Bertz CT molecular complexity index is 596. The number of aliphatic imine (C=N–C) groups is 1. The van der Waals surface area contributed by atoms with Crippen LogP contribution in [0.1, 0.15) is 37.3 Å². The van der Waals surface area contributed by atoms with Gasteiger partial charge in [0.05, 0.1) is 12.6 Å². The van der Waals surface area contributed by atoms with Crippen LogP contribution in [0.2, 0.25) is 0 Å². The maximum absolute atomic E-state index is 9.86. The number of aliphatic hydroxyl groups is 1. The van der Waals surface area contributed by atoms with Gasteiger partial charge in [-0.05, 0) is 44.2 Å². The van der Waals surface area contributed by atoms with E-state index in [9.17, 15) is 5.11 Å². The second-order valence-corrected chi connectivity index (χ2v) is 7.27. The van der Waals surface area contributed by atoms with Crippen molar-refractivity contribution in [2.45, 2.75) is 44.6 Å². The number of aryl methyl sites for hydroxylation is 1. The first kappa shape index (κ1) is 18.2. The average Bonchev–Trinajstić information content (AvgIpc) is 3.06. The van der Waals surface area contributed by atoms with Gasteiger partial charge in [0.25, 0.3) is 0 Å². The molecule has 0 amide bonds. The molecule has 5 heteroatoms. The smallest absolute Gasteiger partial charge is 0.194 e. The van der Waals surface area contributed by atoms with E-state index in [0.29, 0.717) is 6.54 Å². The molecule has 25 heavy (non-hydrogen) atoms. The monoisotopic (exact) mass is 345 g/mol. The molecule has 0 bridgehead atoms. The summed E-state index contributed by atoms with van der Waals surface area (Å²) in [7, 11) is 0. The Morgan fingerprint density at radius 3 is 2.76 bits per heavy atom. The van der Waals surface area contributed by atoms with E-state index in [1.807, 2.05) is 0 Å². The predicted molar refractivity (Wildman–Crippen MR) is 101 cm³/mol. The Hall–Kier alpha value is -1.59. The van der Waals surface area contributed by atoms with E-state index in [4.69, 9.17) is 9.73 Å². The summed E-state index contributed by atoms with van der Waals surface area (Å²) in [6.45, 7) is 9.01. The van der Waals surface area contributed by atoms with E-state index >= 15 is 0 Å². The zero-order valence-corrected chi connectivity index (χ0v) is 15.5. The van der Waals surface area contributed by atoms with Crippen LogP contribution in [0, 0.1) is 6.92 Å². The molecule has 0 aromatic heterocycles. The van der Waals surface area contributed by atoms with E-state index < -0.39 is 0 Å². The molecule has 1 aromatic rings. The number of hydrogen-bond donors (Lipinski definition) is 2. The number of aliphatic hydroxyl groups excluding tert-OH is 1. The molecule has 2 N–H and O–H groups in total. The highest BCUT2D eigenvalue weighted by Crippen LogP contribution is 2.37. The molecule has 0 spiro atoms. The third-order valence-electron chi connectivity index (χ3n) is 5.50. The van der Waals surface area contributed by atoms with E-state index in [-0.39, 0.29) is 11.5 Å². The summed E-state index contributed by atoms with van der Waals surface area (Å²) in [5.74, 6) is 0.929. The highest BCUT2D eigenvalue weighted by atomic mass is 16.5. The average molecular weight is 345 g/mol. The zero-order valence-electron chi connectivity index (χ0n) is 15.5. The van der Waals surface area contributed by atoms with Crippen LogP contribution in [-0.2, 0) is 10.2 Å². The molecular formula is C20H31N3O2. The number of likely N-dealkylation sites (tertiary alicyclic amines) is 1. The number of benzene rings is 1. The zero-order chi connectivity index (χ0) is 17.7. The Kier molecular flexibility index (Phi) is 5.97. The van der Waals surface area contributed by atoms with Gasteiger partial charge >= 0.3 is 0 Å². The summed E-state index contributed by atoms with van der Waals surface area (Å²) in [6.07, 6.45) is 2.59. The van der Waals surface area contributed by atoms with Crippen LogP contribution in [0.5, 0.6) is 0 Å². The Balaban J connectivity index is 1.85. The van der Waals surface area contributed by atoms with Gasteiger partial charge in [-0.3, -0.25) is 4.99 Å². The SMILES string of the molecule is CCNC(=NCC1(c2ccccc2C)CCOCC1)N1CC[C@@H](O)C1. The molecule has 1 atom stereocenters. The van der Waals surface area contributed by atoms with Crippen molar-refractivity contribution in [3.63, 3.8) is 0 Å². The molecule has 0 radical (unpaired) electrons. The summed E-state index contributed by atoms with van der Waals surface area (Å²) in [4.78, 5) is 7.19. The molecule has 2 fully saturated rings. The normalized spacial score (nSPS) is 23.7. The van der Waals surface area contributed by atoms with E-state index in [1.165, 1.54) is 11.1 Å². The first-order valence-corrected chi connectivity index (χ1v) is 9.50. The van der Waals surface area contributed by atoms with E-state index in [2.05, 4.69) is 48.3 Å². The molecule has 0 unspecified atom stereocenters. The molecule has 5 nitrogen and oxygen atoms in total. The molecular weight excluding hydrogens is 314 g/mol. The molecule has 138 valence electrons. The maximum atomic E-state index is 9.86. The van der Waals surface area contributed by atoms with Crippen LogP contribution in [0.15, 0.2) is 29.3 Å². The fourth-order valence-electron chi connectivity index (χ4n) is 4.03. The lowest BCUT2D eigenvalue weighted by atomic mass is 9.72. The maximum Gasteiger partial charge on any atom is 0.194 e. The Morgan fingerprint density at radius 1 is 1.36 bits per heavy atom. The molecule has 2 aliphatic heterocycles. The van der Waals surface area contributed by atoms with E-state index in [1.54, 1.807) is 0 Å². The molecule has 1 aromatic carbocycles. The topological polar surface area (TPSA) is 57.1 Å². The third kappa shape index (κ3) is 4.15. The van der Waals surface area contributed by atoms with Crippen LogP contribution in [-0.4, -0.2) is 61.5 Å². The molecule has 2 saturated heterocycles. The Labute approximate surface area is 151 Å². The molecule has 3 rings (SSSR count). The van der Waals surface area contributed by atoms with Gasteiger partial charge in [0, 0.05) is 38.3 Å². The number of guanidine groups is 1. The molecule has 0 aliphatic carbocycles. The third-order valence-corrected chi connectivity index (χ3v) is 5.50. The van der Waals surface area contributed by atoms with Crippen LogP contribution in [0.3, 0.4) is 0 Å². The fourth-order valence-corrected chi connectivity index (χ4v) is 4.03. The minimum atomic E-state index is -0.239. The van der Waals surface area contributed by atoms with Gasteiger partial charge in [-0.25, -0.2) is 0 Å². The second kappa shape index (κ2) is 8.19. The van der Waals surface area contributed by atoms with Crippen LogP contribution >= 0.6 is 0 Å². The quantitative estimate of drug-likeness (QED) is 0.648. The van der Waals surface area contributed by atoms with Gasteiger partial charge in [-0.15, -0.1) is 0 Å². The van der Waals surface area contributed by atoms with Crippen molar-refractivity contribution in [2.24, 2.45) is 4.99 Å². The van der Waals surface area contributed by atoms with Crippen LogP contribution < -0.4 is 5.32 Å². The summed E-state index contributed by atoms with van der Waals surface area (Å²) < 4.78 is 5.65. The highest BCUT2D eigenvalue weighted by molar-refractivity contribution is 5.80. The predicted octanol–water partition coefficient (Wildman–Crippen LogP) is 2.08. The van der Waals surface area contributed by atoms with E-state index in [0.717, 1.165) is 58.1 Å². The van der Waals surface area contributed by atoms with Gasteiger partial charge in [0.15, 0.2) is 5.96 Å².